The van der Waals surface area contributed by atoms with E-state index in [1.54, 1.807) is 29.2 Å². The lowest BCUT2D eigenvalue weighted by Gasteiger charge is -2.17. The van der Waals surface area contributed by atoms with Gasteiger partial charge in [0.2, 0.25) is 5.89 Å². The monoisotopic (exact) mass is 316 g/mol. The van der Waals surface area contributed by atoms with E-state index in [2.05, 4.69) is 22.0 Å². The topological polar surface area (TPSA) is 73.8 Å². The SMILES string of the molecule is Cc1noc(Cn2cnc3sc4c(c3c2=O)CCC(C)C4)n1. The van der Waals surface area contributed by atoms with Crippen molar-refractivity contribution in [3.05, 3.63) is 38.8 Å². The summed E-state index contributed by atoms with van der Waals surface area (Å²) in [4.78, 5) is 23.6. The molecule has 0 radical (unpaired) electrons. The molecule has 4 rings (SSSR count). The summed E-state index contributed by atoms with van der Waals surface area (Å²) in [5.74, 6) is 1.68. The summed E-state index contributed by atoms with van der Waals surface area (Å²) in [5, 5.41) is 4.54. The standard InChI is InChI=1S/C15H16N4O2S/c1-8-3-4-10-11(5-8)22-14-13(10)15(20)19(7-16-14)6-12-17-9(2)18-21-12/h7-8H,3-6H2,1-2H3. The van der Waals surface area contributed by atoms with E-state index in [0.717, 1.165) is 29.5 Å². The molecule has 0 aromatic carbocycles. The molecule has 0 fully saturated rings. The van der Waals surface area contributed by atoms with Crippen LogP contribution < -0.4 is 5.56 Å². The molecule has 0 amide bonds. The second-order valence-electron chi connectivity index (χ2n) is 5.94. The van der Waals surface area contributed by atoms with Gasteiger partial charge < -0.3 is 4.52 Å². The number of hydrogen-bond donors (Lipinski definition) is 0. The van der Waals surface area contributed by atoms with Gasteiger partial charge in [-0.05, 0) is 37.7 Å². The minimum atomic E-state index is -0.00657. The van der Waals surface area contributed by atoms with Gasteiger partial charge in [-0.1, -0.05) is 12.1 Å². The molecule has 6 nitrogen and oxygen atoms in total. The fourth-order valence-corrected chi connectivity index (χ4v) is 4.37. The Morgan fingerprint density at radius 1 is 1.50 bits per heavy atom. The highest BCUT2D eigenvalue weighted by molar-refractivity contribution is 7.18. The Hall–Kier alpha value is -2.02. The number of aryl methyl sites for hydroxylation is 2. The highest BCUT2D eigenvalue weighted by atomic mass is 32.1. The molecule has 1 aliphatic carbocycles. The number of hydrogen-bond acceptors (Lipinski definition) is 6. The van der Waals surface area contributed by atoms with Crippen LogP contribution in [0.25, 0.3) is 10.2 Å². The average molecular weight is 316 g/mol. The summed E-state index contributed by atoms with van der Waals surface area (Å²) < 4.78 is 6.65. The predicted octanol–water partition coefficient (Wildman–Crippen LogP) is 2.32. The van der Waals surface area contributed by atoms with Crippen LogP contribution in [0.4, 0.5) is 0 Å². The third kappa shape index (κ3) is 2.16. The Morgan fingerprint density at radius 3 is 3.14 bits per heavy atom. The van der Waals surface area contributed by atoms with E-state index in [1.165, 1.54) is 10.4 Å². The van der Waals surface area contributed by atoms with Gasteiger partial charge in [-0.3, -0.25) is 9.36 Å². The van der Waals surface area contributed by atoms with E-state index >= 15 is 0 Å². The zero-order valence-electron chi connectivity index (χ0n) is 12.5. The molecule has 114 valence electrons. The molecule has 3 aromatic rings. The summed E-state index contributed by atoms with van der Waals surface area (Å²) in [6, 6.07) is 0. The van der Waals surface area contributed by atoms with Crippen molar-refractivity contribution in [3.8, 4) is 0 Å². The highest BCUT2D eigenvalue weighted by Crippen LogP contribution is 2.35. The molecule has 0 spiro atoms. The Morgan fingerprint density at radius 2 is 2.36 bits per heavy atom. The van der Waals surface area contributed by atoms with E-state index in [4.69, 9.17) is 4.52 Å². The molecule has 1 unspecified atom stereocenters. The van der Waals surface area contributed by atoms with Gasteiger partial charge >= 0.3 is 0 Å². The van der Waals surface area contributed by atoms with E-state index < -0.39 is 0 Å². The van der Waals surface area contributed by atoms with Crippen LogP contribution in [0.2, 0.25) is 0 Å². The molecule has 1 aliphatic rings. The lowest BCUT2D eigenvalue weighted by Crippen LogP contribution is -2.22. The first-order valence-electron chi connectivity index (χ1n) is 7.40. The zero-order chi connectivity index (χ0) is 15.3. The second-order valence-corrected chi connectivity index (χ2v) is 7.03. The van der Waals surface area contributed by atoms with E-state index in [-0.39, 0.29) is 12.1 Å². The average Bonchev–Trinajstić information content (AvgIpc) is 3.05. The number of thiophene rings is 1. The summed E-state index contributed by atoms with van der Waals surface area (Å²) in [6.45, 7) is 4.29. The molecule has 0 saturated carbocycles. The summed E-state index contributed by atoms with van der Waals surface area (Å²) in [7, 11) is 0. The van der Waals surface area contributed by atoms with Crippen LogP contribution in [-0.4, -0.2) is 19.7 Å². The van der Waals surface area contributed by atoms with Crippen molar-refractivity contribution < 1.29 is 4.52 Å². The molecule has 3 heterocycles. The number of aromatic nitrogens is 4. The van der Waals surface area contributed by atoms with Crippen LogP contribution in [-0.2, 0) is 19.4 Å². The van der Waals surface area contributed by atoms with Gasteiger partial charge in [-0.15, -0.1) is 11.3 Å². The van der Waals surface area contributed by atoms with Crippen LogP contribution >= 0.6 is 11.3 Å². The smallest absolute Gasteiger partial charge is 0.262 e. The van der Waals surface area contributed by atoms with Gasteiger partial charge in [-0.25, -0.2) is 4.98 Å². The van der Waals surface area contributed by atoms with E-state index in [9.17, 15) is 4.79 Å². The molecular formula is C15H16N4O2S. The molecule has 0 saturated heterocycles. The molecule has 0 aliphatic heterocycles. The van der Waals surface area contributed by atoms with Crippen molar-refractivity contribution in [1.82, 2.24) is 19.7 Å². The Kier molecular flexibility index (Phi) is 3.11. The molecule has 1 atom stereocenters. The van der Waals surface area contributed by atoms with Crippen LogP contribution in [0, 0.1) is 12.8 Å². The second kappa shape index (κ2) is 5.01. The van der Waals surface area contributed by atoms with Crippen molar-refractivity contribution in [2.45, 2.75) is 39.7 Å². The van der Waals surface area contributed by atoms with Gasteiger partial charge in [0.15, 0.2) is 5.82 Å². The Balaban J connectivity index is 1.81. The number of rotatable bonds is 2. The first-order valence-corrected chi connectivity index (χ1v) is 8.22. The van der Waals surface area contributed by atoms with Crippen molar-refractivity contribution in [2.75, 3.05) is 0 Å². The molecule has 22 heavy (non-hydrogen) atoms. The normalized spacial score (nSPS) is 17.8. The lowest BCUT2D eigenvalue weighted by molar-refractivity contribution is 0.366. The van der Waals surface area contributed by atoms with E-state index in [1.807, 2.05) is 0 Å². The first-order chi connectivity index (χ1) is 10.6. The molecule has 3 aromatic heterocycles. The Bertz CT molecular complexity index is 908. The van der Waals surface area contributed by atoms with Crippen LogP contribution in [0.5, 0.6) is 0 Å². The van der Waals surface area contributed by atoms with Gasteiger partial charge in [0.05, 0.1) is 11.7 Å². The fourth-order valence-electron chi connectivity index (χ4n) is 3.03. The van der Waals surface area contributed by atoms with Crippen molar-refractivity contribution in [1.29, 1.82) is 0 Å². The maximum absolute atomic E-state index is 12.8. The largest absolute Gasteiger partial charge is 0.337 e. The van der Waals surface area contributed by atoms with Gasteiger partial charge in [0.1, 0.15) is 11.4 Å². The third-order valence-electron chi connectivity index (χ3n) is 4.16. The third-order valence-corrected chi connectivity index (χ3v) is 5.32. The highest BCUT2D eigenvalue weighted by Gasteiger charge is 2.23. The van der Waals surface area contributed by atoms with Crippen molar-refractivity contribution in [3.63, 3.8) is 0 Å². The first kappa shape index (κ1) is 13.6. The quantitative estimate of drug-likeness (QED) is 0.725. The van der Waals surface area contributed by atoms with Crippen molar-refractivity contribution in [2.24, 2.45) is 5.92 Å². The zero-order valence-corrected chi connectivity index (χ0v) is 13.3. The molecule has 0 N–H and O–H groups in total. The van der Waals surface area contributed by atoms with E-state index in [0.29, 0.717) is 17.6 Å². The molecule has 0 bridgehead atoms. The van der Waals surface area contributed by atoms with Gasteiger partial charge in [0.25, 0.3) is 5.56 Å². The van der Waals surface area contributed by atoms with Gasteiger partial charge in [-0.2, -0.15) is 4.98 Å². The summed E-state index contributed by atoms with van der Waals surface area (Å²) in [5.41, 5.74) is 1.19. The van der Waals surface area contributed by atoms with Crippen molar-refractivity contribution >= 4 is 21.6 Å². The maximum atomic E-state index is 12.8. The van der Waals surface area contributed by atoms with Gasteiger partial charge in [0, 0.05) is 4.88 Å². The molecular weight excluding hydrogens is 300 g/mol. The summed E-state index contributed by atoms with van der Waals surface area (Å²) in [6.07, 6.45) is 4.74. The minimum Gasteiger partial charge on any atom is -0.337 e. The van der Waals surface area contributed by atoms with Crippen LogP contribution in [0.1, 0.15) is 35.5 Å². The number of nitrogens with zero attached hydrogens (tertiary/aromatic N) is 4. The number of fused-ring (bicyclic) bond motifs is 3. The Labute approximate surface area is 130 Å². The van der Waals surface area contributed by atoms with Crippen LogP contribution in [0.15, 0.2) is 15.6 Å². The fraction of sp³-hybridized carbons (Fsp3) is 0.467. The van der Waals surface area contributed by atoms with Crippen LogP contribution in [0.3, 0.4) is 0 Å². The summed E-state index contributed by atoms with van der Waals surface area (Å²) >= 11 is 1.66. The molecule has 7 heteroatoms. The maximum Gasteiger partial charge on any atom is 0.262 e. The minimum absolute atomic E-state index is 0.00657. The lowest BCUT2D eigenvalue weighted by atomic mass is 9.89. The predicted molar refractivity (Wildman–Crippen MR) is 83.2 cm³/mol.